The van der Waals surface area contributed by atoms with Crippen LogP contribution in [-0.4, -0.2) is 13.1 Å². The van der Waals surface area contributed by atoms with E-state index in [1.54, 1.807) is 7.11 Å². The number of carbonyl (C=O) groups is 1. The minimum absolute atomic E-state index is 0.0760. The summed E-state index contributed by atoms with van der Waals surface area (Å²) in [7, 11) is 1.60. The highest BCUT2D eigenvalue weighted by Gasteiger charge is 2.95. The normalized spacial score (nSPS) is 27.1. The van der Waals surface area contributed by atoms with E-state index in [1.165, 1.54) is 151 Å². The van der Waals surface area contributed by atoms with E-state index in [9.17, 15) is 4.79 Å². The van der Waals surface area contributed by atoms with E-state index in [-0.39, 0.29) is 5.97 Å². The van der Waals surface area contributed by atoms with Gasteiger partial charge in [0.2, 0.25) is 0 Å². The number of carbonyl (C=O) groups excluding carboxylic acids is 1. The van der Waals surface area contributed by atoms with Crippen LogP contribution in [0.3, 0.4) is 0 Å². The fourth-order valence-corrected chi connectivity index (χ4v) is 14.6. The molecule has 12 aromatic carbocycles. The molecule has 17 rings (SSSR count). The number of fused-ring (bicyclic) bond motifs is 3. The first-order chi connectivity index (χ1) is 22.6. The summed E-state index contributed by atoms with van der Waals surface area (Å²) in [5, 5.41) is 34.3. The Hall–Kier alpha value is -5.47. The van der Waals surface area contributed by atoms with Gasteiger partial charge in [-0.3, -0.25) is 4.79 Å². The van der Waals surface area contributed by atoms with Crippen LogP contribution in [0.2, 0.25) is 0 Å². The summed E-state index contributed by atoms with van der Waals surface area (Å²) in [5.41, 5.74) is 3.84. The predicted molar refractivity (Wildman–Crippen MR) is 187 cm³/mol. The van der Waals surface area contributed by atoms with Crippen LogP contribution in [0, 0.1) is 5.41 Å². The summed E-state index contributed by atoms with van der Waals surface area (Å²) in [6, 6.07) is 19.3. The Morgan fingerprint density at radius 2 is 0.783 bits per heavy atom. The Morgan fingerprint density at radius 1 is 0.457 bits per heavy atom. The van der Waals surface area contributed by atoms with Crippen molar-refractivity contribution in [2.24, 2.45) is 5.41 Å². The average Bonchev–Trinajstić information content (AvgIpc) is 3.75. The minimum Gasteiger partial charge on any atom is -0.469 e. The van der Waals surface area contributed by atoms with Crippen molar-refractivity contribution in [2.75, 3.05) is 7.11 Å². The van der Waals surface area contributed by atoms with E-state index < -0.39 is 16.2 Å². The third-order valence-electron chi connectivity index (χ3n) is 15.3. The lowest BCUT2D eigenvalue weighted by molar-refractivity contribution is -0.147. The SMILES string of the molecule is COC(=O)C1(C)C23C4=c5ccc6c7ccc8c9ccc%10c%11ccc%12c%13c(c%14c%15c2c5c6c2c7c8c5c9c%10c(c%13%11)c%14c5c%152)C13C=%12C=C4. The van der Waals surface area contributed by atoms with Crippen molar-refractivity contribution in [1.82, 2.24) is 0 Å². The molecule has 2 nitrogen and oxygen atoms in total. The summed E-state index contributed by atoms with van der Waals surface area (Å²) in [6.45, 7) is 2.26. The first-order valence-corrected chi connectivity index (χ1v) is 16.6. The molecule has 2 spiro atoms. The molecule has 5 aliphatic rings. The molecule has 2 heteroatoms. The smallest absolute Gasteiger partial charge is 0.314 e. The Morgan fingerprint density at radius 3 is 1.17 bits per heavy atom. The van der Waals surface area contributed by atoms with Crippen LogP contribution in [0.1, 0.15) is 18.1 Å². The number of allylic oxidation sites excluding steroid dienone is 2. The molecular weight excluding hydrogens is 560 g/mol. The van der Waals surface area contributed by atoms with E-state index in [4.69, 9.17) is 4.74 Å². The van der Waals surface area contributed by atoms with Gasteiger partial charge in [-0.05, 0) is 158 Å². The zero-order valence-electron chi connectivity index (χ0n) is 24.6. The van der Waals surface area contributed by atoms with Crippen molar-refractivity contribution in [1.29, 1.82) is 0 Å². The Balaban J connectivity index is 1.44. The molecular formula is C44H16O2. The van der Waals surface area contributed by atoms with Crippen molar-refractivity contribution >= 4 is 136 Å². The van der Waals surface area contributed by atoms with Gasteiger partial charge in [-0.2, -0.15) is 0 Å². The number of hydrogen-bond acceptors (Lipinski definition) is 2. The van der Waals surface area contributed by atoms with Crippen LogP contribution in [0.15, 0.2) is 60.7 Å². The van der Waals surface area contributed by atoms with Crippen LogP contribution in [0.5, 0.6) is 0 Å². The zero-order valence-corrected chi connectivity index (χ0v) is 24.6. The van der Waals surface area contributed by atoms with E-state index in [2.05, 4.69) is 67.6 Å². The summed E-state index contributed by atoms with van der Waals surface area (Å²) >= 11 is 0. The van der Waals surface area contributed by atoms with E-state index in [0.29, 0.717) is 0 Å². The number of esters is 1. The van der Waals surface area contributed by atoms with Gasteiger partial charge >= 0.3 is 5.97 Å². The molecule has 0 aromatic heterocycles. The third-order valence-corrected chi connectivity index (χ3v) is 15.3. The van der Waals surface area contributed by atoms with Crippen molar-refractivity contribution < 1.29 is 9.53 Å². The fourth-order valence-electron chi connectivity index (χ4n) is 14.6. The number of methoxy groups -OCH3 is 1. The second-order valence-corrected chi connectivity index (χ2v) is 15.7. The van der Waals surface area contributed by atoms with Gasteiger partial charge in [0, 0.05) is 0 Å². The number of ether oxygens (including phenoxy) is 1. The van der Waals surface area contributed by atoms with Gasteiger partial charge in [-0.15, -0.1) is 0 Å². The van der Waals surface area contributed by atoms with Crippen LogP contribution in [0.4, 0.5) is 0 Å². The summed E-state index contributed by atoms with van der Waals surface area (Å²) in [4.78, 5) is 14.6. The molecule has 0 radical (unpaired) electrons. The molecule has 0 heterocycles. The van der Waals surface area contributed by atoms with E-state index >= 15 is 0 Å². The van der Waals surface area contributed by atoms with Gasteiger partial charge in [0.25, 0.3) is 0 Å². The fraction of sp³-hybridized carbons (Fsp3) is 0.114. The lowest BCUT2D eigenvalue weighted by atomic mass is 9.68. The molecule has 2 atom stereocenters. The van der Waals surface area contributed by atoms with Crippen molar-refractivity contribution in [3.8, 4) is 0 Å². The van der Waals surface area contributed by atoms with Gasteiger partial charge in [-0.25, -0.2) is 0 Å². The molecule has 1 saturated carbocycles. The standard InChI is InChI=1S/C44H16O2/c1-42(41(45)46-2)43-21-11-12-22-20-10-8-18-16-6-4-14-13-3-5-15-17-7-9-19(21)29-27(17)32-25(15)23(13)31-24(14)26(16)33-28(18)30(20)40(44(22,42)43)38-36(33)34(31)35(32)37(38)39(29)43/h3-12H,1-2H3. The molecule has 46 heavy (non-hydrogen) atoms. The molecule has 1 fully saturated rings. The summed E-state index contributed by atoms with van der Waals surface area (Å²) < 4.78 is 5.89. The van der Waals surface area contributed by atoms with Gasteiger partial charge in [0.15, 0.2) is 0 Å². The van der Waals surface area contributed by atoms with Crippen LogP contribution in [-0.2, 0) is 20.4 Å². The molecule has 0 aliphatic heterocycles. The molecule has 2 unspecified atom stereocenters. The van der Waals surface area contributed by atoms with Gasteiger partial charge in [0.05, 0.1) is 23.4 Å². The minimum atomic E-state index is -0.747. The highest BCUT2D eigenvalue weighted by atomic mass is 16.5. The predicted octanol–water partition coefficient (Wildman–Crippen LogP) is 8.45. The highest BCUT2D eigenvalue weighted by Crippen LogP contribution is 2.92. The van der Waals surface area contributed by atoms with Crippen LogP contribution >= 0.6 is 0 Å². The topological polar surface area (TPSA) is 26.3 Å². The molecule has 0 saturated heterocycles. The molecule has 12 aromatic rings. The van der Waals surface area contributed by atoms with Gasteiger partial charge in [0.1, 0.15) is 0 Å². The molecule has 5 aliphatic carbocycles. The molecule has 0 amide bonds. The maximum absolute atomic E-state index is 14.6. The first kappa shape index (κ1) is 19.8. The van der Waals surface area contributed by atoms with Gasteiger partial charge in [-0.1, -0.05) is 60.7 Å². The monoisotopic (exact) mass is 576 g/mol. The maximum Gasteiger partial charge on any atom is 0.314 e. The van der Waals surface area contributed by atoms with Gasteiger partial charge < -0.3 is 4.74 Å². The molecule has 0 N–H and O–H groups in total. The second kappa shape index (κ2) is 4.80. The van der Waals surface area contributed by atoms with Crippen molar-refractivity contribution in [3.05, 3.63) is 82.2 Å². The number of rotatable bonds is 1. The summed E-state index contributed by atoms with van der Waals surface area (Å²) in [6.07, 6.45) is 4.81. The lowest BCUT2D eigenvalue weighted by Gasteiger charge is -2.32. The van der Waals surface area contributed by atoms with E-state index in [1.807, 2.05) is 0 Å². The van der Waals surface area contributed by atoms with Crippen molar-refractivity contribution in [2.45, 2.75) is 17.8 Å². The Kier molecular flexibility index (Phi) is 2.07. The number of benzene rings is 8. The maximum atomic E-state index is 14.6. The highest BCUT2D eigenvalue weighted by molar-refractivity contribution is 6.64. The molecule has 0 bridgehead atoms. The first-order valence-electron chi connectivity index (χ1n) is 16.6. The summed E-state index contributed by atoms with van der Waals surface area (Å²) in [5.74, 6) is -0.0760. The Labute approximate surface area is 257 Å². The van der Waals surface area contributed by atoms with Crippen LogP contribution in [0.25, 0.3) is 130 Å². The van der Waals surface area contributed by atoms with E-state index in [0.717, 1.165) is 0 Å². The van der Waals surface area contributed by atoms with Crippen LogP contribution < -0.4 is 10.4 Å². The largest absolute Gasteiger partial charge is 0.469 e. The zero-order chi connectivity index (χ0) is 29.0. The van der Waals surface area contributed by atoms with Crippen molar-refractivity contribution in [3.63, 3.8) is 0 Å². The quantitative estimate of drug-likeness (QED) is 0.145. The lowest BCUT2D eigenvalue weighted by Crippen LogP contribution is -2.27. The average molecular weight is 577 g/mol. The number of hydrogen-bond donors (Lipinski definition) is 0. The molecule has 204 valence electrons. The Bertz CT molecular complexity index is 3580. The second-order valence-electron chi connectivity index (χ2n) is 15.7. The third kappa shape index (κ3) is 1.16.